The van der Waals surface area contributed by atoms with Gasteiger partial charge in [-0.2, -0.15) is 0 Å². The fourth-order valence-corrected chi connectivity index (χ4v) is 10.1. The molecule has 15 atom stereocenters. The molecule has 61 heavy (non-hydrogen) atoms. The van der Waals surface area contributed by atoms with Crippen LogP contribution in [-0.2, 0) is 47.7 Å². The zero-order valence-corrected chi connectivity index (χ0v) is 37.7. The molecule has 3 fully saturated rings. The Hall–Kier alpha value is -3.98. The number of likely N-dealkylation sites (N-methyl/N-ethyl adjacent to an activating group) is 1. The molecule has 0 radical (unpaired) electrons. The van der Waals surface area contributed by atoms with E-state index in [9.17, 15) is 29.4 Å². The van der Waals surface area contributed by atoms with Crippen LogP contribution < -0.4 is 5.73 Å². The minimum Gasteiger partial charge on any atom is -0.458 e. The Morgan fingerprint density at radius 2 is 1.77 bits per heavy atom. The van der Waals surface area contributed by atoms with Gasteiger partial charge >= 0.3 is 11.9 Å². The fourth-order valence-electron chi connectivity index (χ4n) is 9.24. The number of fused-ring (bicyclic) bond motifs is 1. The predicted molar refractivity (Wildman–Crippen MR) is 221 cm³/mol. The first kappa shape index (κ1) is 48.1. The normalized spacial score (nSPS) is 37.4. The summed E-state index contributed by atoms with van der Waals surface area (Å²) in [6, 6.07) is 5.00. The molecule has 0 aromatic carbocycles. The highest BCUT2D eigenvalue weighted by Crippen LogP contribution is 2.48. The number of oxime groups is 1. The molecule has 3 aliphatic heterocycles. The largest absolute Gasteiger partial charge is 0.458 e. The number of aromatic nitrogens is 3. The van der Waals surface area contributed by atoms with Gasteiger partial charge in [-0.15, -0.1) is 10.2 Å². The van der Waals surface area contributed by atoms with E-state index in [1.54, 1.807) is 65.9 Å². The molecule has 0 amide bonds. The summed E-state index contributed by atoms with van der Waals surface area (Å²) in [4.78, 5) is 69.0. The van der Waals surface area contributed by atoms with Gasteiger partial charge in [-0.3, -0.25) is 24.2 Å². The van der Waals surface area contributed by atoms with Gasteiger partial charge in [0.05, 0.1) is 24.4 Å². The monoisotopic (exact) mass is 874 g/mol. The van der Waals surface area contributed by atoms with Gasteiger partial charge in [-0.25, -0.2) is 0 Å². The summed E-state index contributed by atoms with van der Waals surface area (Å²) in [5.41, 5.74) is 4.15. The molecule has 4 N–H and O–H groups in total. The lowest BCUT2D eigenvalue weighted by atomic mass is 9.67. The summed E-state index contributed by atoms with van der Waals surface area (Å²) in [6.45, 7) is 12.8. The quantitative estimate of drug-likeness (QED) is 0.0966. The Bertz CT molecular complexity index is 1900. The number of rotatable bonds is 11. The number of ether oxygens (including phenoxy) is 5. The standard InChI is InChI=1S/C42H62N6O12S/c1-12-28-42(8)30(29(39(54)59-42)35(43)47-60-27(19-49)37-46-45-36(61-37)25-15-13-14-16-44-25)22(4)31(50)20(2)18-41(7,55-11)34(23(5)32(51)24(6)38(53)57-28)58-40-33(52)26(48(9)10)17-21(3)56-40/h13-16,20-24,26-30,33-34,40,49,52H,12,17-19H2,1-11H3,(H2,43,47)/t20-,21-,22-,23+,24-,26+,27-,28+,29-,30+,33-,34-,40?,41-,42-/m1/s1. The Kier molecular flexibility index (Phi) is 15.4. The van der Waals surface area contributed by atoms with E-state index < -0.39 is 102 Å². The molecule has 2 aromatic heterocycles. The van der Waals surface area contributed by atoms with Crippen LogP contribution in [0.4, 0.5) is 0 Å². The number of nitrogens with two attached hydrogens (primary N) is 1. The van der Waals surface area contributed by atoms with Crippen molar-refractivity contribution in [3.05, 3.63) is 29.4 Å². The number of carbonyl (C=O) groups is 4. The van der Waals surface area contributed by atoms with Crippen molar-refractivity contribution in [3.8, 4) is 10.7 Å². The maximum absolute atomic E-state index is 14.8. The van der Waals surface area contributed by atoms with E-state index in [1.165, 1.54) is 14.0 Å². The van der Waals surface area contributed by atoms with Crippen LogP contribution >= 0.6 is 11.3 Å². The van der Waals surface area contributed by atoms with Gasteiger partial charge in [-0.1, -0.05) is 50.3 Å². The summed E-state index contributed by atoms with van der Waals surface area (Å²) in [5, 5.41) is 34.8. The minimum absolute atomic E-state index is 0.0244. The summed E-state index contributed by atoms with van der Waals surface area (Å²) in [7, 11) is 5.13. The second-order valence-electron chi connectivity index (χ2n) is 17.3. The molecular weight excluding hydrogens is 813 g/mol. The minimum atomic E-state index is -1.63. The van der Waals surface area contributed by atoms with Crippen LogP contribution in [0.3, 0.4) is 0 Å². The second kappa shape index (κ2) is 19.6. The number of nitrogens with zero attached hydrogens (tertiary/aromatic N) is 5. The number of aliphatic hydroxyl groups excluding tert-OH is 2. The number of esters is 2. The van der Waals surface area contributed by atoms with Gasteiger partial charge in [0.2, 0.25) is 6.10 Å². The van der Waals surface area contributed by atoms with Crippen LogP contribution in [-0.4, -0.2) is 135 Å². The van der Waals surface area contributed by atoms with Crippen LogP contribution in [0.25, 0.3) is 10.7 Å². The lowest BCUT2D eigenvalue weighted by Gasteiger charge is -2.47. The zero-order chi connectivity index (χ0) is 45.1. The average molecular weight is 875 g/mol. The van der Waals surface area contributed by atoms with Gasteiger partial charge in [0.1, 0.15) is 35.5 Å². The Morgan fingerprint density at radius 1 is 1.07 bits per heavy atom. The number of amidine groups is 1. The Morgan fingerprint density at radius 3 is 2.38 bits per heavy atom. The van der Waals surface area contributed by atoms with Crippen molar-refractivity contribution in [3.63, 3.8) is 0 Å². The zero-order valence-electron chi connectivity index (χ0n) is 36.8. The number of hydrogen-bond donors (Lipinski definition) is 3. The molecule has 0 spiro atoms. The predicted octanol–water partition coefficient (Wildman–Crippen LogP) is 3.09. The average Bonchev–Trinajstić information content (AvgIpc) is 3.83. The molecule has 0 saturated carbocycles. The number of ketones is 2. The van der Waals surface area contributed by atoms with E-state index in [1.807, 2.05) is 25.9 Å². The maximum atomic E-state index is 14.8. The topological polar surface area (TPSA) is 244 Å². The maximum Gasteiger partial charge on any atom is 0.317 e. The molecular formula is C42H62N6O12S. The second-order valence-corrected chi connectivity index (χ2v) is 18.3. The van der Waals surface area contributed by atoms with E-state index in [-0.39, 0.29) is 41.6 Å². The molecule has 1 unspecified atom stereocenters. The molecule has 5 rings (SSSR count). The highest BCUT2D eigenvalue weighted by molar-refractivity contribution is 7.14. The van der Waals surface area contributed by atoms with Crippen molar-refractivity contribution in [2.75, 3.05) is 27.8 Å². The summed E-state index contributed by atoms with van der Waals surface area (Å²) in [6.07, 6.45) is -3.64. The van der Waals surface area contributed by atoms with Crippen LogP contribution in [0, 0.1) is 35.5 Å². The molecule has 0 bridgehead atoms. The van der Waals surface area contributed by atoms with Crippen molar-refractivity contribution < 1.29 is 57.9 Å². The van der Waals surface area contributed by atoms with Gasteiger partial charge in [0.25, 0.3) is 0 Å². The number of Topliss-reactive ketones (excluding diaryl/α,β-unsaturated/α-hetero) is 2. The summed E-state index contributed by atoms with van der Waals surface area (Å²) < 4.78 is 31.0. The number of pyridine rings is 1. The molecule has 2 aromatic rings. The van der Waals surface area contributed by atoms with Gasteiger partial charge < -0.3 is 49.4 Å². The van der Waals surface area contributed by atoms with Crippen LogP contribution in [0.1, 0.15) is 85.8 Å². The van der Waals surface area contributed by atoms with Crippen molar-refractivity contribution in [1.82, 2.24) is 20.1 Å². The number of methoxy groups -OCH3 is 1. The van der Waals surface area contributed by atoms with Gasteiger partial charge in [0.15, 0.2) is 33.5 Å². The van der Waals surface area contributed by atoms with E-state index in [4.69, 9.17) is 34.3 Å². The first-order valence-corrected chi connectivity index (χ1v) is 21.6. The third kappa shape index (κ3) is 9.82. The number of carbonyl (C=O) groups excluding carboxylic acids is 4. The number of hydrogen-bond acceptors (Lipinski definition) is 18. The SMILES string of the molecule is CC[C@@H]1OC(=O)[C@H](C)C(=O)[C@H](C)[C@@H](OC2O[C@H](C)C[C@H](N(C)C)[C@H]2O)[C@](C)(OC)C[C@@H](C)C(=O)[C@H](C)[C@H]2[C@H](/C(N)=N/O[C@H](CO)c3nnc(-c4ccccn4)s3)C(=O)O[C@@]21C. The Labute approximate surface area is 360 Å². The Balaban J connectivity index is 1.52. The highest BCUT2D eigenvalue weighted by atomic mass is 32.1. The molecule has 3 saturated heterocycles. The van der Waals surface area contributed by atoms with Crippen LogP contribution in [0.15, 0.2) is 29.6 Å². The van der Waals surface area contributed by atoms with Crippen molar-refractivity contribution in [2.45, 2.75) is 129 Å². The van der Waals surface area contributed by atoms with Gasteiger partial charge in [0, 0.05) is 43.0 Å². The molecule has 5 heterocycles. The fraction of sp³-hybridized carbons (Fsp3) is 0.714. The lowest BCUT2D eigenvalue weighted by Crippen LogP contribution is -2.59. The summed E-state index contributed by atoms with van der Waals surface area (Å²) in [5.74, 6) is -9.39. The van der Waals surface area contributed by atoms with Crippen LogP contribution in [0.5, 0.6) is 0 Å². The molecule has 338 valence electrons. The first-order chi connectivity index (χ1) is 28.7. The summed E-state index contributed by atoms with van der Waals surface area (Å²) >= 11 is 1.13. The van der Waals surface area contributed by atoms with Gasteiger partial charge in [-0.05, 0) is 73.2 Å². The van der Waals surface area contributed by atoms with Crippen LogP contribution in [0.2, 0.25) is 0 Å². The van der Waals surface area contributed by atoms with Crippen molar-refractivity contribution in [2.24, 2.45) is 46.4 Å². The molecule has 19 heteroatoms. The highest BCUT2D eigenvalue weighted by Gasteiger charge is 2.63. The van der Waals surface area contributed by atoms with Crippen molar-refractivity contribution >= 4 is 40.7 Å². The smallest absolute Gasteiger partial charge is 0.317 e. The van der Waals surface area contributed by atoms with E-state index in [0.717, 1.165) is 11.3 Å². The van der Waals surface area contributed by atoms with E-state index in [0.29, 0.717) is 17.1 Å². The first-order valence-electron chi connectivity index (χ1n) is 20.8. The molecule has 18 nitrogen and oxygen atoms in total. The third-order valence-corrected chi connectivity index (χ3v) is 13.8. The number of cyclic esters (lactones) is 1. The van der Waals surface area contributed by atoms with Crippen molar-refractivity contribution in [1.29, 1.82) is 0 Å². The third-order valence-electron chi connectivity index (χ3n) is 12.7. The lowest BCUT2D eigenvalue weighted by molar-refractivity contribution is -0.295. The van der Waals surface area contributed by atoms with E-state index in [2.05, 4.69) is 20.3 Å². The number of aliphatic hydroxyl groups is 2. The molecule has 0 aliphatic carbocycles. The molecule has 3 aliphatic rings. The van der Waals surface area contributed by atoms with E-state index >= 15 is 0 Å².